The van der Waals surface area contributed by atoms with Gasteiger partial charge in [0.25, 0.3) is 5.91 Å². The van der Waals surface area contributed by atoms with Gasteiger partial charge in [-0.1, -0.05) is 17.4 Å². The Kier molecular flexibility index (Phi) is 5.72. The molecule has 3 aromatic rings. The molecule has 0 aliphatic rings. The summed E-state index contributed by atoms with van der Waals surface area (Å²) < 4.78 is 19.7. The third-order valence-electron chi connectivity index (χ3n) is 4.25. The molecule has 0 spiro atoms. The number of aryl methyl sites for hydroxylation is 1. The highest BCUT2D eigenvalue weighted by Gasteiger charge is 2.23. The van der Waals surface area contributed by atoms with Crippen LogP contribution in [0.15, 0.2) is 36.4 Å². The third-order valence-corrected chi connectivity index (χ3v) is 5.46. The number of anilines is 1. The number of halogens is 1. The first-order valence-corrected chi connectivity index (χ1v) is 9.38. The van der Waals surface area contributed by atoms with Crippen molar-refractivity contribution in [3.63, 3.8) is 0 Å². The third kappa shape index (κ3) is 4.09. The quantitative estimate of drug-likeness (QED) is 0.642. The summed E-state index contributed by atoms with van der Waals surface area (Å²) in [6, 6.07) is 9.45. The van der Waals surface area contributed by atoms with Crippen LogP contribution in [0.4, 0.5) is 9.52 Å². The van der Waals surface area contributed by atoms with Gasteiger partial charge in [-0.3, -0.25) is 9.69 Å². The van der Waals surface area contributed by atoms with Crippen molar-refractivity contribution in [2.24, 2.45) is 0 Å². The van der Waals surface area contributed by atoms with Crippen LogP contribution in [0, 0.1) is 12.7 Å². The molecule has 0 aliphatic heterocycles. The number of thiazole rings is 1. The van der Waals surface area contributed by atoms with Crippen molar-refractivity contribution < 1.29 is 13.9 Å². The summed E-state index contributed by atoms with van der Waals surface area (Å²) in [5.74, 6) is 0.110. The number of methoxy groups -OCH3 is 1. The van der Waals surface area contributed by atoms with Gasteiger partial charge in [-0.05, 0) is 56.9 Å². The van der Waals surface area contributed by atoms with E-state index >= 15 is 0 Å². The Hall–Kier alpha value is -2.51. The van der Waals surface area contributed by atoms with Gasteiger partial charge in [-0.2, -0.15) is 0 Å². The summed E-state index contributed by atoms with van der Waals surface area (Å²) in [6.45, 7) is 3.17. The molecule has 142 valence electrons. The maximum Gasteiger partial charge on any atom is 0.260 e. The largest absolute Gasteiger partial charge is 0.494 e. The van der Waals surface area contributed by atoms with E-state index in [4.69, 9.17) is 9.72 Å². The maximum absolute atomic E-state index is 13.2. The van der Waals surface area contributed by atoms with Gasteiger partial charge in [0.2, 0.25) is 0 Å². The van der Waals surface area contributed by atoms with Gasteiger partial charge < -0.3 is 9.64 Å². The summed E-state index contributed by atoms with van der Waals surface area (Å²) in [7, 11) is 5.51. The SMILES string of the molecule is COc1ccc(C)c2sc(N(CCN(C)C)C(=O)c3ccc(F)cc3)nc12. The second-order valence-corrected chi connectivity index (χ2v) is 7.50. The Morgan fingerprint density at radius 2 is 1.85 bits per heavy atom. The zero-order valence-electron chi connectivity index (χ0n) is 15.8. The van der Waals surface area contributed by atoms with E-state index in [9.17, 15) is 9.18 Å². The molecule has 0 unspecified atom stereocenters. The van der Waals surface area contributed by atoms with Gasteiger partial charge in [0, 0.05) is 18.7 Å². The molecular weight excluding hydrogens is 365 g/mol. The van der Waals surface area contributed by atoms with Gasteiger partial charge >= 0.3 is 0 Å². The number of fused-ring (bicyclic) bond motifs is 1. The highest BCUT2D eigenvalue weighted by atomic mass is 32.1. The number of aromatic nitrogens is 1. The van der Waals surface area contributed by atoms with Gasteiger partial charge in [-0.25, -0.2) is 9.37 Å². The van der Waals surface area contributed by atoms with Crippen LogP contribution in [0.2, 0.25) is 0 Å². The lowest BCUT2D eigenvalue weighted by Crippen LogP contribution is -2.36. The number of hydrogen-bond donors (Lipinski definition) is 0. The van der Waals surface area contributed by atoms with Crippen LogP contribution in [0.1, 0.15) is 15.9 Å². The van der Waals surface area contributed by atoms with Crippen molar-refractivity contribution in [1.29, 1.82) is 0 Å². The highest BCUT2D eigenvalue weighted by Crippen LogP contribution is 2.36. The molecule has 2 aromatic carbocycles. The molecule has 1 heterocycles. The summed E-state index contributed by atoms with van der Waals surface area (Å²) in [4.78, 5) is 21.5. The Labute approximate surface area is 162 Å². The van der Waals surface area contributed by atoms with Gasteiger partial charge in [0.15, 0.2) is 5.13 Å². The second kappa shape index (κ2) is 8.02. The molecule has 0 bridgehead atoms. The standard InChI is InChI=1S/C20H22FN3O2S/c1-13-5-10-16(26-4)17-18(13)27-20(22-17)24(12-11-23(2)3)19(25)14-6-8-15(21)9-7-14/h5-10H,11-12H2,1-4H3. The van der Waals surface area contributed by atoms with Crippen LogP contribution in [0.5, 0.6) is 5.75 Å². The fourth-order valence-corrected chi connectivity index (χ4v) is 3.79. The fourth-order valence-electron chi connectivity index (χ4n) is 2.71. The first kappa shape index (κ1) is 19.3. The minimum Gasteiger partial charge on any atom is -0.494 e. The number of nitrogens with zero attached hydrogens (tertiary/aromatic N) is 3. The molecule has 0 saturated carbocycles. The lowest BCUT2D eigenvalue weighted by molar-refractivity contribution is 0.0985. The van der Waals surface area contributed by atoms with Crippen LogP contribution in [-0.2, 0) is 0 Å². The number of amides is 1. The van der Waals surface area contributed by atoms with E-state index in [1.807, 2.05) is 38.1 Å². The van der Waals surface area contributed by atoms with E-state index < -0.39 is 0 Å². The topological polar surface area (TPSA) is 45.7 Å². The van der Waals surface area contributed by atoms with Crippen molar-refractivity contribution in [3.05, 3.63) is 53.3 Å². The Balaban J connectivity index is 2.05. The smallest absolute Gasteiger partial charge is 0.260 e. The molecule has 27 heavy (non-hydrogen) atoms. The van der Waals surface area contributed by atoms with Crippen molar-refractivity contribution >= 4 is 32.6 Å². The molecule has 3 rings (SSSR count). The molecule has 0 saturated heterocycles. The number of benzene rings is 2. The molecule has 5 nitrogen and oxygen atoms in total. The van der Waals surface area contributed by atoms with E-state index in [0.29, 0.717) is 29.5 Å². The van der Waals surface area contributed by atoms with E-state index in [0.717, 1.165) is 15.8 Å². The molecule has 0 atom stereocenters. The number of ether oxygens (including phenoxy) is 1. The number of hydrogen-bond acceptors (Lipinski definition) is 5. The Bertz CT molecular complexity index is 954. The predicted molar refractivity (Wildman–Crippen MR) is 108 cm³/mol. The highest BCUT2D eigenvalue weighted by molar-refractivity contribution is 7.22. The number of carbonyl (C=O) groups is 1. The minimum absolute atomic E-state index is 0.201. The second-order valence-electron chi connectivity index (χ2n) is 6.53. The summed E-state index contributed by atoms with van der Waals surface area (Å²) in [6.07, 6.45) is 0. The van der Waals surface area contributed by atoms with Crippen molar-refractivity contribution in [1.82, 2.24) is 9.88 Å². The van der Waals surface area contributed by atoms with Crippen LogP contribution in [-0.4, -0.2) is 50.1 Å². The lowest BCUT2D eigenvalue weighted by atomic mass is 10.2. The zero-order chi connectivity index (χ0) is 19.6. The van der Waals surface area contributed by atoms with E-state index in [1.165, 1.54) is 35.6 Å². The number of likely N-dealkylation sites (N-methyl/N-ethyl adjacent to an activating group) is 1. The first-order valence-electron chi connectivity index (χ1n) is 8.57. The monoisotopic (exact) mass is 387 g/mol. The lowest BCUT2D eigenvalue weighted by Gasteiger charge is -2.22. The van der Waals surface area contributed by atoms with E-state index in [2.05, 4.69) is 0 Å². The minimum atomic E-state index is -0.369. The van der Waals surface area contributed by atoms with Crippen LogP contribution >= 0.6 is 11.3 Å². The molecule has 1 aromatic heterocycles. The first-order chi connectivity index (χ1) is 12.9. The van der Waals surface area contributed by atoms with E-state index in [1.54, 1.807) is 12.0 Å². The van der Waals surface area contributed by atoms with Crippen molar-refractivity contribution in [3.8, 4) is 5.75 Å². The van der Waals surface area contributed by atoms with Crippen molar-refractivity contribution in [2.45, 2.75) is 6.92 Å². The Morgan fingerprint density at radius 1 is 1.15 bits per heavy atom. The molecule has 1 amide bonds. The fraction of sp³-hybridized carbons (Fsp3) is 0.300. The number of carbonyl (C=O) groups excluding carboxylic acids is 1. The molecule has 0 N–H and O–H groups in total. The van der Waals surface area contributed by atoms with Crippen LogP contribution in [0.25, 0.3) is 10.2 Å². The molecule has 0 fully saturated rings. The van der Waals surface area contributed by atoms with Gasteiger partial charge in [0.05, 0.1) is 11.8 Å². The summed E-state index contributed by atoms with van der Waals surface area (Å²) in [5.41, 5.74) is 2.26. The maximum atomic E-state index is 13.2. The molecule has 0 aliphatic carbocycles. The Morgan fingerprint density at radius 3 is 2.48 bits per heavy atom. The van der Waals surface area contributed by atoms with Crippen molar-refractivity contribution in [2.75, 3.05) is 39.2 Å². The summed E-state index contributed by atoms with van der Waals surface area (Å²) >= 11 is 1.46. The molecule has 7 heteroatoms. The van der Waals surface area contributed by atoms with Crippen LogP contribution in [0.3, 0.4) is 0 Å². The van der Waals surface area contributed by atoms with Gasteiger partial charge in [-0.15, -0.1) is 0 Å². The van der Waals surface area contributed by atoms with Crippen LogP contribution < -0.4 is 9.64 Å². The average Bonchev–Trinajstić information content (AvgIpc) is 3.08. The molecule has 0 radical (unpaired) electrons. The number of rotatable bonds is 6. The summed E-state index contributed by atoms with van der Waals surface area (Å²) in [5, 5.41) is 0.605. The predicted octanol–water partition coefficient (Wildman–Crippen LogP) is 3.96. The normalized spacial score (nSPS) is 11.2. The zero-order valence-corrected chi connectivity index (χ0v) is 16.6. The van der Waals surface area contributed by atoms with E-state index in [-0.39, 0.29) is 11.7 Å². The molecular formula is C20H22FN3O2S. The van der Waals surface area contributed by atoms with Gasteiger partial charge in [0.1, 0.15) is 17.1 Å². The average molecular weight is 387 g/mol.